The number of nitrogens with zero attached hydrogens (tertiary/aromatic N) is 5. The van der Waals surface area contributed by atoms with Gasteiger partial charge in [0.15, 0.2) is 11.4 Å². The summed E-state index contributed by atoms with van der Waals surface area (Å²) in [5, 5.41) is 6.85. The SMILES string of the molecule is CC(C)C1CCC(n2cc(NC(=O)c3nsc4ccc(N5C[C@@H]6C[C@H]5CO6)nc34)c(C(F)F)n2)CC1. The predicted octanol–water partition coefficient (Wildman–Crippen LogP) is 5.44. The molecule has 0 radical (unpaired) electrons. The molecule has 0 spiro atoms. The van der Waals surface area contributed by atoms with E-state index in [2.05, 4.69) is 33.5 Å². The molecule has 36 heavy (non-hydrogen) atoms. The number of amides is 1. The van der Waals surface area contributed by atoms with E-state index >= 15 is 0 Å². The quantitative estimate of drug-likeness (QED) is 0.470. The lowest BCUT2D eigenvalue weighted by atomic mass is 9.80. The molecule has 2 bridgehead atoms. The van der Waals surface area contributed by atoms with E-state index in [9.17, 15) is 13.6 Å². The summed E-state index contributed by atoms with van der Waals surface area (Å²) < 4.78 is 40.1. The summed E-state index contributed by atoms with van der Waals surface area (Å²) in [6, 6.07) is 4.20. The molecule has 2 saturated heterocycles. The highest BCUT2D eigenvalue weighted by molar-refractivity contribution is 7.13. The Bertz CT molecular complexity index is 1270. The molecule has 1 amide bonds. The summed E-state index contributed by atoms with van der Waals surface area (Å²) in [7, 11) is 0. The minimum atomic E-state index is -2.79. The molecule has 8 nitrogen and oxygen atoms in total. The number of hydrogen-bond donors (Lipinski definition) is 1. The zero-order valence-corrected chi connectivity index (χ0v) is 21.2. The molecule has 2 aliphatic heterocycles. The first kappa shape index (κ1) is 23.7. The first-order valence-electron chi connectivity index (χ1n) is 12.7. The number of rotatable bonds is 6. The average molecular weight is 517 g/mol. The van der Waals surface area contributed by atoms with E-state index in [1.807, 2.05) is 12.1 Å². The number of ether oxygens (including phenoxy) is 1. The van der Waals surface area contributed by atoms with Crippen LogP contribution in [0.3, 0.4) is 0 Å². The van der Waals surface area contributed by atoms with Gasteiger partial charge in [-0.05, 0) is 67.6 Å². The molecular formula is C25H30F2N6O2S. The van der Waals surface area contributed by atoms with E-state index < -0.39 is 18.0 Å². The monoisotopic (exact) mass is 516 g/mol. The molecule has 0 unspecified atom stereocenters. The fourth-order valence-corrected chi connectivity index (χ4v) is 6.59. The van der Waals surface area contributed by atoms with E-state index in [1.54, 1.807) is 10.9 Å². The van der Waals surface area contributed by atoms with Gasteiger partial charge in [0.2, 0.25) is 0 Å². The normalized spacial score (nSPS) is 26.0. The zero-order valence-electron chi connectivity index (χ0n) is 20.4. The van der Waals surface area contributed by atoms with E-state index in [0.717, 1.165) is 49.2 Å². The van der Waals surface area contributed by atoms with E-state index in [-0.39, 0.29) is 23.5 Å². The highest BCUT2D eigenvalue weighted by Crippen LogP contribution is 2.38. The van der Waals surface area contributed by atoms with Crippen molar-refractivity contribution in [1.29, 1.82) is 0 Å². The van der Waals surface area contributed by atoms with Gasteiger partial charge < -0.3 is 15.0 Å². The number of carbonyl (C=O) groups excluding carboxylic acids is 1. The third kappa shape index (κ3) is 4.26. The highest BCUT2D eigenvalue weighted by atomic mass is 32.1. The van der Waals surface area contributed by atoms with Gasteiger partial charge in [-0.1, -0.05) is 13.8 Å². The largest absolute Gasteiger partial charge is 0.374 e. The summed E-state index contributed by atoms with van der Waals surface area (Å²) in [4.78, 5) is 20.2. The first-order chi connectivity index (χ1) is 17.4. The molecular weight excluding hydrogens is 486 g/mol. The number of aromatic nitrogens is 4. The number of hydrogen-bond acceptors (Lipinski definition) is 7. The van der Waals surface area contributed by atoms with Crippen molar-refractivity contribution in [1.82, 2.24) is 19.1 Å². The lowest BCUT2D eigenvalue weighted by Gasteiger charge is -2.30. The number of morpholine rings is 1. The van der Waals surface area contributed by atoms with Crippen molar-refractivity contribution in [3.8, 4) is 0 Å². The van der Waals surface area contributed by atoms with Crippen LogP contribution in [-0.2, 0) is 4.74 Å². The molecule has 5 heterocycles. The van der Waals surface area contributed by atoms with Crippen LogP contribution < -0.4 is 10.2 Å². The zero-order chi connectivity index (χ0) is 25.0. The maximum atomic E-state index is 13.9. The molecule has 6 rings (SSSR count). The number of fused-ring (bicyclic) bond motifs is 3. The molecule has 3 aromatic heterocycles. The van der Waals surface area contributed by atoms with Gasteiger partial charge >= 0.3 is 0 Å². The van der Waals surface area contributed by atoms with E-state index in [1.165, 1.54) is 11.5 Å². The van der Waals surface area contributed by atoms with Crippen LogP contribution in [0.4, 0.5) is 20.3 Å². The van der Waals surface area contributed by atoms with Gasteiger partial charge in [0.1, 0.15) is 11.3 Å². The van der Waals surface area contributed by atoms with Crippen LogP contribution in [0, 0.1) is 11.8 Å². The number of pyridine rings is 1. The number of alkyl halides is 2. The van der Waals surface area contributed by atoms with Crippen LogP contribution in [0.2, 0.25) is 0 Å². The second-order valence-corrected chi connectivity index (χ2v) is 11.3. The molecule has 192 valence electrons. The van der Waals surface area contributed by atoms with Gasteiger partial charge in [0.25, 0.3) is 12.3 Å². The van der Waals surface area contributed by atoms with Crippen molar-refractivity contribution >= 4 is 39.2 Å². The van der Waals surface area contributed by atoms with Crippen LogP contribution in [0.1, 0.15) is 74.6 Å². The van der Waals surface area contributed by atoms with Gasteiger partial charge in [0.05, 0.1) is 35.2 Å². The fraction of sp³-hybridized carbons (Fsp3) is 0.600. The number of halogens is 2. The maximum Gasteiger partial charge on any atom is 0.284 e. The van der Waals surface area contributed by atoms with Crippen LogP contribution >= 0.6 is 11.5 Å². The minimum absolute atomic E-state index is 0.0345. The van der Waals surface area contributed by atoms with Gasteiger partial charge in [-0.25, -0.2) is 13.8 Å². The molecule has 1 saturated carbocycles. The smallest absolute Gasteiger partial charge is 0.284 e. The maximum absolute atomic E-state index is 13.9. The Labute approximate surface area is 212 Å². The second kappa shape index (κ2) is 9.33. The molecule has 3 aliphatic rings. The standard InChI is InChI=1S/C25H30F2N6O2S/c1-13(2)14-3-5-15(6-4-14)33-11-18(21(30-33)24(26)27)28-25(34)23-22-19(36-31-23)7-8-20(29-22)32-10-17-9-16(32)12-35-17/h7-8,11,13-17,24H,3-6,9-10,12H2,1-2H3,(H,28,34)/t14?,15?,16-,17-/m0/s1. The Balaban J connectivity index is 1.23. The fourth-order valence-electron chi connectivity index (χ4n) is 5.87. The minimum Gasteiger partial charge on any atom is -0.374 e. The topological polar surface area (TPSA) is 85.2 Å². The van der Waals surface area contributed by atoms with Crippen molar-refractivity contribution < 1.29 is 18.3 Å². The van der Waals surface area contributed by atoms with Crippen LogP contribution in [0.25, 0.3) is 10.2 Å². The van der Waals surface area contributed by atoms with Gasteiger partial charge in [0, 0.05) is 12.7 Å². The molecule has 3 fully saturated rings. The first-order valence-corrected chi connectivity index (χ1v) is 13.5. The molecule has 11 heteroatoms. The number of anilines is 2. The van der Waals surface area contributed by atoms with E-state index in [0.29, 0.717) is 30.0 Å². The van der Waals surface area contributed by atoms with E-state index in [4.69, 9.17) is 9.72 Å². The molecule has 1 aliphatic carbocycles. The van der Waals surface area contributed by atoms with Crippen molar-refractivity contribution in [2.75, 3.05) is 23.4 Å². The number of nitrogens with one attached hydrogen (secondary N) is 1. The average Bonchev–Trinajstić information content (AvgIpc) is 3.66. The number of carbonyl (C=O) groups is 1. The van der Waals surface area contributed by atoms with Crippen molar-refractivity contribution in [3.63, 3.8) is 0 Å². The Kier molecular flexibility index (Phi) is 6.15. The summed E-state index contributed by atoms with van der Waals surface area (Å²) in [6.45, 7) is 5.91. The Morgan fingerprint density at radius 1 is 1.19 bits per heavy atom. The Morgan fingerprint density at radius 3 is 2.67 bits per heavy atom. The Morgan fingerprint density at radius 2 is 2.00 bits per heavy atom. The van der Waals surface area contributed by atoms with Gasteiger partial charge in [-0.2, -0.15) is 9.47 Å². The Hall–Kier alpha value is -2.66. The van der Waals surface area contributed by atoms with Crippen molar-refractivity contribution in [3.05, 3.63) is 29.7 Å². The molecule has 3 aromatic rings. The third-order valence-corrected chi connectivity index (χ3v) is 8.79. The third-order valence-electron chi connectivity index (χ3n) is 7.99. The summed E-state index contributed by atoms with van der Waals surface area (Å²) >= 11 is 1.17. The molecule has 0 aromatic carbocycles. The molecule has 2 atom stereocenters. The van der Waals surface area contributed by atoms with Crippen LogP contribution in [-0.4, -0.2) is 50.3 Å². The highest BCUT2D eigenvalue weighted by Gasteiger charge is 2.39. The summed E-state index contributed by atoms with van der Waals surface area (Å²) in [6.07, 6.45) is 3.86. The summed E-state index contributed by atoms with van der Waals surface area (Å²) in [5.74, 6) is 1.50. The van der Waals surface area contributed by atoms with Gasteiger partial charge in [-0.15, -0.1) is 0 Å². The second-order valence-electron chi connectivity index (χ2n) is 10.5. The molecule has 1 N–H and O–H groups in total. The lowest BCUT2D eigenvalue weighted by Crippen LogP contribution is -2.37. The summed E-state index contributed by atoms with van der Waals surface area (Å²) in [5.41, 5.74) is 0.252. The van der Waals surface area contributed by atoms with Crippen molar-refractivity contribution in [2.45, 2.75) is 70.6 Å². The lowest BCUT2D eigenvalue weighted by molar-refractivity contribution is 0.0988. The van der Waals surface area contributed by atoms with Crippen LogP contribution in [0.5, 0.6) is 0 Å². The van der Waals surface area contributed by atoms with Crippen molar-refractivity contribution in [2.24, 2.45) is 11.8 Å². The van der Waals surface area contributed by atoms with Crippen LogP contribution in [0.15, 0.2) is 18.3 Å². The predicted molar refractivity (Wildman–Crippen MR) is 134 cm³/mol. The van der Waals surface area contributed by atoms with Gasteiger partial charge in [-0.3, -0.25) is 9.48 Å².